The number of hydrogen-bond acceptors (Lipinski definition) is 3. The van der Waals surface area contributed by atoms with Gasteiger partial charge in [0, 0.05) is 6.07 Å². The fraction of sp³-hybridized carbons (Fsp3) is 0.188. The molecule has 0 saturated heterocycles. The number of carbonyl (C=O) groups excluding carboxylic acids is 1. The number of para-hydroxylation sites is 1. The van der Waals surface area contributed by atoms with E-state index in [9.17, 15) is 13.6 Å². The summed E-state index contributed by atoms with van der Waals surface area (Å²) in [6, 6.07) is 10.2. The average molecular weight is 323 g/mol. The first-order chi connectivity index (χ1) is 10.5. The second-order valence-corrected chi connectivity index (χ2v) is 5.91. The highest BCUT2D eigenvalue weighted by molar-refractivity contribution is 8.00. The maximum Gasteiger partial charge on any atom is 0.237 e. The van der Waals surface area contributed by atoms with E-state index in [4.69, 9.17) is 4.74 Å². The van der Waals surface area contributed by atoms with Gasteiger partial charge in [-0.05, 0) is 31.2 Å². The number of halogens is 2. The summed E-state index contributed by atoms with van der Waals surface area (Å²) in [5.74, 6) is -1.05. The Labute approximate surface area is 131 Å². The summed E-state index contributed by atoms with van der Waals surface area (Å²) in [6.07, 6.45) is 0. The van der Waals surface area contributed by atoms with Crippen LogP contribution >= 0.6 is 11.8 Å². The molecule has 0 saturated carbocycles. The van der Waals surface area contributed by atoms with Crippen LogP contribution in [0.15, 0.2) is 47.4 Å². The molecule has 0 aliphatic heterocycles. The van der Waals surface area contributed by atoms with E-state index in [0.717, 1.165) is 23.1 Å². The maximum atomic E-state index is 13.5. The summed E-state index contributed by atoms with van der Waals surface area (Å²) in [5.41, 5.74) is -0.169. The van der Waals surface area contributed by atoms with Crippen molar-refractivity contribution in [1.82, 2.24) is 0 Å². The number of hydrogen-bond donors (Lipinski definition) is 1. The highest BCUT2D eigenvalue weighted by Crippen LogP contribution is 2.32. The summed E-state index contributed by atoms with van der Waals surface area (Å²) < 4.78 is 31.9. The molecule has 1 atom stereocenters. The molecular weight excluding hydrogens is 308 g/mol. The Balaban J connectivity index is 2.07. The number of anilines is 1. The van der Waals surface area contributed by atoms with Gasteiger partial charge in [0.25, 0.3) is 0 Å². The number of nitrogens with one attached hydrogen (secondary N) is 1. The third-order valence-electron chi connectivity index (χ3n) is 2.93. The van der Waals surface area contributed by atoms with Crippen LogP contribution in [0.2, 0.25) is 0 Å². The molecule has 6 heteroatoms. The second-order valence-electron chi connectivity index (χ2n) is 4.52. The van der Waals surface area contributed by atoms with Gasteiger partial charge in [-0.25, -0.2) is 8.78 Å². The zero-order chi connectivity index (χ0) is 16.1. The molecule has 1 unspecified atom stereocenters. The van der Waals surface area contributed by atoms with Gasteiger partial charge in [-0.1, -0.05) is 12.1 Å². The largest absolute Gasteiger partial charge is 0.496 e. The van der Waals surface area contributed by atoms with Crippen molar-refractivity contribution in [1.29, 1.82) is 0 Å². The molecule has 0 radical (unpaired) electrons. The molecule has 0 fully saturated rings. The Kier molecular flexibility index (Phi) is 5.38. The molecule has 0 spiro atoms. The average Bonchev–Trinajstić information content (AvgIpc) is 2.51. The lowest BCUT2D eigenvalue weighted by Gasteiger charge is -2.14. The van der Waals surface area contributed by atoms with E-state index in [-0.39, 0.29) is 5.69 Å². The fourth-order valence-corrected chi connectivity index (χ4v) is 2.76. The molecule has 3 nitrogen and oxygen atoms in total. The van der Waals surface area contributed by atoms with E-state index in [0.29, 0.717) is 5.75 Å². The van der Waals surface area contributed by atoms with Crippen LogP contribution in [-0.4, -0.2) is 18.3 Å². The van der Waals surface area contributed by atoms with Gasteiger partial charge in [0.2, 0.25) is 5.91 Å². The normalized spacial score (nSPS) is 11.8. The minimum absolute atomic E-state index is 0.169. The molecule has 0 bridgehead atoms. The first-order valence-electron chi connectivity index (χ1n) is 6.57. The molecular formula is C16H15F2NO2S. The smallest absolute Gasteiger partial charge is 0.237 e. The van der Waals surface area contributed by atoms with Crippen molar-refractivity contribution < 1.29 is 18.3 Å². The molecule has 1 N–H and O–H groups in total. The summed E-state index contributed by atoms with van der Waals surface area (Å²) in [4.78, 5) is 12.9. The SMILES string of the molecule is COc1ccccc1SC(C)C(=O)Nc1cc(F)ccc1F. The van der Waals surface area contributed by atoms with Crippen LogP contribution in [0.25, 0.3) is 0 Å². The lowest BCUT2D eigenvalue weighted by Crippen LogP contribution is -2.23. The summed E-state index contributed by atoms with van der Waals surface area (Å²) in [7, 11) is 1.55. The molecule has 0 heterocycles. The summed E-state index contributed by atoms with van der Waals surface area (Å²) in [5, 5.41) is 1.89. The fourth-order valence-electron chi connectivity index (χ4n) is 1.79. The number of rotatable bonds is 5. The van der Waals surface area contributed by atoms with Crippen LogP contribution in [0.4, 0.5) is 14.5 Å². The zero-order valence-corrected chi connectivity index (χ0v) is 12.9. The van der Waals surface area contributed by atoms with Gasteiger partial charge in [-0.15, -0.1) is 11.8 Å². The minimum atomic E-state index is -0.677. The molecule has 2 rings (SSSR count). The van der Waals surface area contributed by atoms with Gasteiger partial charge in [-0.3, -0.25) is 4.79 Å². The van der Waals surface area contributed by atoms with Crippen molar-refractivity contribution in [2.45, 2.75) is 17.1 Å². The van der Waals surface area contributed by atoms with E-state index in [1.54, 1.807) is 20.1 Å². The van der Waals surface area contributed by atoms with Gasteiger partial charge in [0.15, 0.2) is 0 Å². The predicted octanol–water partition coefficient (Wildman–Crippen LogP) is 4.09. The molecule has 116 valence electrons. The quantitative estimate of drug-likeness (QED) is 0.842. The summed E-state index contributed by atoms with van der Waals surface area (Å²) in [6.45, 7) is 1.68. The Bertz CT molecular complexity index is 679. The van der Waals surface area contributed by atoms with Crippen molar-refractivity contribution in [3.05, 3.63) is 54.1 Å². The van der Waals surface area contributed by atoms with Crippen LogP contribution in [0.1, 0.15) is 6.92 Å². The molecule has 0 aliphatic rings. The van der Waals surface area contributed by atoms with Crippen LogP contribution in [-0.2, 0) is 4.79 Å². The monoisotopic (exact) mass is 323 g/mol. The van der Waals surface area contributed by atoms with Crippen LogP contribution < -0.4 is 10.1 Å². The van der Waals surface area contributed by atoms with Crippen molar-refractivity contribution >= 4 is 23.4 Å². The topological polar surface area (TPSA) is 38.3 Å². The highest BCUT2D eigenvalue weighted by Gasteiger charge is 2.18. The minimum Gasteiger partial charge on any atom is -0.496 e. The van der Waals surface area contributed by atoms with E-state index in [1.807, 2.05) is 18.2 Å². The van der Waals surface area contributed by atoms with Gasteiger partial charge in [-0.2, -0.15) is 0 Å². The van der Waals surface area contributed by atoms with Crippen molar-refractivity contribution in [3.8, 4) is 5.75 Å². The Hall–Kier alpha value is -2.08. The molecule has 22 heavy (non-hydrogen) atoms. The standard InChI is InChI=1S/C16H15F2NO2S/c1-10(22-15-6-4-3-5-14(15)21-2)16(20)19-13-9-11(17)7-8-12(13)18/h3-10H,1-2H3,(H,19,20). The predicted molar refractivity (Wildman–Crippen MR) is 83.3 cm³/mol. The summed E-state index contributed by atoms with van der Waals surface area (Å²) >= 11 is 1.28. The van der Waals surface area contributed by atoms with E-state index in [2.05, 4.69) is 5.32 Å². The first-order valence-corrected chi connectivity index (χ1v) is 7.45. The molecule has 2 aromatic carbocycles. The van der Waals surface area contributed by atoms with Crippen molar-refractivity contribution in [3.63, 3.8) is 0 Å². The van der Waals surface area contributed by atoms with Crippen LogP contribution in [0, 0.1) is 11.6 Å². The number of carbonyl (C=O) groups is 1. The third-order valence-corrected chi connectivity index (χ3v) is 4.09. The van der Waals surface area contributed by atoms with Gasteiger partial charge >= 0.3 is 0 Å². The van der Waals surface area contributed by atoms with Crippen molar-refractivity contribution in [2.75, 3.05) is 12.4 Å². The molecule has 2 aromatic rings. The number of benzene rings is 2. The van der Waals surface area contributed by atoms with Gasteiger partial charge in [0.05, 0.1) is 22.9 Å². The van der Waals surface area contributed by atoms with E-state index in [1.165, 1.54) is 11.8 Å². The Morgan fingerprint density at radius 3 is 2.68 bits per heavy atom. The van der Waals surface area contributed by atoms with Crippen LogP contribution in [0.3, 0.4) is 0 Å². The van der Waals surface area contributed by atoms with E-state index >= 15 is 0 Å². The zero-order valence-electron chi connectivity index (χ0n) is 12.1. The Morgan fingerprint density at radius 1 is 1.23 bits per heavy atom. The number of ether oxygens (including phenoxy) is 1. The highest BCUT2D eigenvalue weighted by atomic mass is 32.2. The van der Waals surface area contributed by atoms with Gasteiger partial charge < -0.3 is 10.1 Å². The Morgan fingerprint density at radius 2 is 1.95 bits per heavy atom. The lowest BCUT2D eigenvalue weighted by molar-refractivity contribution is -0.115. The lowest BCUT2D eigenvalue weighted by atomic mass is 10.3. The second kappa shape index (κ2) is 7.26. The third kappa shape index (κ3) is 3.98. The number of thioether (sulfide) groups is 1. The maximum absolute atomic E-state index is 13.5. The number of amides is 1. The van der Waals surface area contributed by atoms with Crippen molar-refractivity contribution in [2.24, 2.45) is 0 Å². The molecule has 0 aromatic heterocycles. The molecule has 0 aliphatic carbocycles. The number of methoxy groups -OCH3 is 1. The first kappa shape index (κ1) is 16.3. The molecule has 1 amide bonds. The van der Waals surface area contributed by atoms with E-state index < -0.39 is 22.8 Å². The van der Waals surface area contributed by atoms with Gasteiger partial charge in [0.1, 0.15) is 17.4 Å². The van der Waals surface area contributed by atoms with Crippen LogP contribution in [0.5, 0.6) is 5.75 Å².